The molecule has 4 heteroatoms. The molecule has 62 valence electrons. The van der Waals surface area contributed by atoms with Crippen LogP contribution in [0, 0.1) is 0 Å². The second-order valence-electron chi connectivity index (χ2n) is 2.68. The summed E-state index contributed by atoms with van der Waals surface area (Å²) in [6, 6.07) is 3.43. The minimum Gasteiger partial charge on any atom is -0.457 e. The molecule has 0 radical (unpaired) electrons. The summed E-state index contributed by atoms with van der Waals surface area (Å²) in [5, 5.41) is 0. The third-order valence-electron chi connectivity index (χ3n) is 1.93. The number of rotatable bonds is 0. The molecule has 0 bridgehead atoms. The van der Waals surface area contributed by atoms with Gasteiger partial charge in [0, 0.05) is 5.56 Å². The van der Waals surface area contributed by atoms with Gasteiger partial charge in [-0.3, -0.25) is 0 Å². The van der Waals surface area contributed by atoms with Gasteiger partial charge in [-0.1, -0.05) is 6.07 Å². The van der Waals surface area contributed by atoms with Gasteiger partial charge in [-0.2, -0.15) is 0 Å². The van der Waals surface area contributed by atoms with Crippen molar-refractivity contribution in [2.75, 3.05) is 11.5 Å². The van der Waals surface area contributed by atoms with Gasteiger partial charge >= 0.3 is 5.97 Å². The second-order valence-corrected chi connectivity index (χ2v) is 2.68. The summed E-state index contributed by atoms with van der Waals surface area (Å²) < 4.78 is 4.78. The highest BCUT2D eigenvalue weighted by atomic mass is 16.5. The Hall–Kier alpha value is -1.71. The molecule has 1 aromatic carbocycles. The van der Waals surface area contributed by atoms with Crippen molar-refractivity contribution in [3.05, 3.63) is 23.3 Å². The van der Waals surface area contributed by atoms with E-state index < -0.39 is 0 Å². The Kier molecular flexibility index (Phi) is 1.24. The summed E-state index contributed by atoms with van der Waals surface area (Å²) in [5.74, 6) is -0.380. The number of nitrogens with two attached hydrogens (primary N) is 2. The number of fused-ring (bicyclic) bond motifs is 1. The first-order valence-electron chi connectivity index (χ1n) is 3.54. The normalized spacial score (nSPS) is 14.2. The highest BCUT2D eigenvalue weighted by Crippen LogP contribution is 2.29. The van der Waals surface area contributed by atoms with Crippen molar-refractivity contribution in [1.82, 2.24) is 0 Å². The zero-order valence-electron chi connectivity index (χ0n) is 6.33. The van der Waals surface area contributed by atoms with E-state index in [1.54, 1.807) is 12.1 Å². The zero-order valence-corrected chi connectivity index (χ0v) is 6.33. The SMILES string of the molecule is Nc1ccc2c(c1N)C(=O)OC2. The fourth-order valence-electron chi connectivity index (χ4n) is 1.26. The molecule has 1 aliphatic heterocycles. The van der Waals surface area contributed by atoms with E-state index in [0.29, 0.717) is 23.5 Å². The number of anilines is 2. The molecule has 0 atom stereocenters. The van der Waals surface area contributed by atoms with Crippen molar-refractivity contribution < 1.29 is 9.53 Å². The van der Waals surface area contributed by atoms with Crippen LogP contribution in [-0.2, 0) is 11.3 Å². The lowest BCUT2D eigenvalue weighted by Crippen LogP contribution is -2.03. The van der Waals surface area contributed by atoms with E-state index in [4.69, 9.17) is 16.2 Å². The lowest BCUT2D eigenvalue weighted by atomic mass is 10.1. The molecule has 0 saturated carbocycles. The van der Waals surface area contributed by atoms with Crippen LogP contribution in [-0.4, -0.2) is 5.97 Å². The molecule has 0 unspecified atom stereocenters. The number of ether oxygens (including phenoxy) is 1. The smallest absolute Gasteiger partial charge is 0.341 e. The maximum absolute atomic E-state index is 11.1. The van der Waals surface area contributed by atoms with E-state index in [0.717, 1.165) is 5.56 Å². The van der Waals surface area contributed by atoms with Crippen LogP contribution in [0.2, 0.25) is 0 Å². The molecule has 0 spiro atoms. The van der Waals surface area contributed by atoms with E-state index in [1.165, 1.54) is 0 Å². The number of carbonyl (C=O) groups excluding carboxylic acids is 1. The minimum atomic E-state index is -0.380. The first-order chi connectivity index (χ1) is 5.70. The fraction of sp³-hybridized carbons (Fsp3) is 0.125. The lowest BCUT2D eigenvalue weighted by molar-refractivity contribution is 0.0536. The van der Waals surface area contributed by atoms with Crippen LogP contribution >= 0.6 is 0 Å². The Labute approximate surface area is 69.1 Å². The van der Waals surface area contributed by atoms with Crippen molar-refractivity contribution in [1.29, 1.82) is 0 Å². The summed E-state index contributed by atoms with van der Waals surface area (Å²) in [6.45, 7) is 0.304. The van der Waals surface area contributed by atoms with Gasteiger partial charge in [-0.25, -0.2) is 4.79 Å². The molecule has 0 aliphatic carbocycles. The minimum absolute atomic E-state index is 0.304. The van der Waals surface area contributed by atoms with Crippen LogP contribution < -0.4 is 11.5 Å². The van der Waals surface area contributed by atoms with Gasteiger partial charge in [0.15, 0.2) is 0 Å². The Morgan fingerprint density at radius 3 is 2.83 bits per heavy atom. The molecule has 2 rings (SSSR count). The molecular weight excluding hydrogens is 156 g/mol. The number of carbonyl (C=O) groups is 1. The maximum Gasteiger partial charge on any atom is 0.341 e. The average Bonchev–Trinajstić information content (AvgIpc) is 2.41. The van der Waals surface area contributed by atoms with Crippen molar-refractivity contribution in [2.45, 2.75) is 6.61 Å². The number of esters is 1. The second kappa shape index (κ2) is 2.14. The Morgan fingerprint density at radius 2 is 2.08 bits per heavy atom. The van der Waals surface area contributed by atoms with Crippen molar-refractivity contribution in [3.63, 3.8) is 0 Å². The first kappa shape index (κ1) is 6.97. The van der Waals surface area contributed by atoms with Crippen LogP contribution in [0.5, 0.6) is 0 Å². The Bertz CT molecular complexity index is 360. The fourth-order valence-corrected chi connectivity index (χ4v) is 1.26. The molecule has 0 aromatic heterocycles. The van der Waals surface area contributed by atoms with Crippen molar-refractivity contribution in [3.8, 4) is 0 Å². The van der Waals surface area contributed by atoms with Crippen LogP contribution in [0.4, 0.5) is 11.4 Å². The van der Waals surface area contributed by atoms with Crippen molar-refractivity contribution >= 4 is 17.3 Å². The summed E-state index contributed by atoms with van der Waals surface area (Å²) in [5.41, 5.74) is 13.1. The summed E-state index contributed by atoms with van der Waals surface area (Å²) in [4.78, 5) is 11.1. The topological polar surface area (TPSA) is 78.3 Å². The Morgan fingerprint density at radius 1 is 1.33 bits per heavy atom. The number of nitrogen functional groups attached to an aromatic ring is 2. The molecule has 1 aromatic rings. The van der Waals surface area contributed by atoms with E-state index in [1.807, 2.05) is 0 Å². The Balaban J connectivity index is 2.71. The zero-order chi connectivity index (χ0) is 8.72. The summed E-state index contributed by atoms with van der Waals surface area (Å²) in [7, 11) is 0. The highest BCUT2D eigenvalue weighted by Gasteiger charge is 2.24. The van der Waals surface area contributed by atoms with E-state index in [-0.39, 0.29) is 5.97 Å². The summed E-state index contributed by atoms with van der Waals surface area (Å²) >= 11 is 0. The van der Waals surface area contributed by atoms with Gasteiger partial charge in [0.1, 0.15) is 6.61 Å². The van der Waals surface area contributed by atoms with Crippen LogP contribution in [0.3, 0.4) is 0 Å². The van der Waals surface area contributed by atoms with Crippen LogP contribution in [0.1, 0.15) is 15.9 Å². The van der Waals surface area contributed by atoms with Crippen LogP contribution in [0.25, 0.3) is 0 Å². The van der Waals surface area contributed by atoms with E-state index in [2.05, 4.69) is 0 Å². The van der Waals surface area contributed by atoms with Gasteiger partial charge in [-0.05, 0) is 6.07 Å². The quantitative estimate of drug-likeness (QED) is 0.433. The van der Waals surface area contributed by atoms with Gasteiger partial charge in [-0.15, -0.1) is 0 Å². The molecule has 4 nitrogen and oxygen atoms in total. The predicted molar refractivity (Wildman–Crippen MR) is 44.4 cm³/mol. The standard InChI is InChI=1S/C8H8N2O2/c9-5-2-1-4-3-12-8(11)6(4)7(5)10/h1-2H,3,9-10H2. The monoisotopic (exact) mass is 164 g/mol. The van der Waals surface area contributed by atoms with Crippen molar-refractivity contribution in [2.24, 2.45) is 0 Å². The average molecular weight is 164 g/mol. The first-order valence-corrected chi connectivity index (χ1v) is 3.54. The van der Waals surface area contributed by atoms with E-state index >= 15 is 0 Å². The number of hydrogen-bond acceptors (Lipinski definition) is 4. The summed E-state index contributed by atoms with van der Waals surface area (Å²) in [6.07, 6.45) is 0. The third kappa shape index (κ3) is 0.747. The number of cyclic esters (lactones) is 1. The van der Waals surface area contributed by atoms with E-state index in [9.17, 15) is 4.79 Å². The van der Waals surface area contributed by atoms with Gasteiger partial charge in [0.25, 0.3) is 0 Å². The third-order valence-corrected chi connectivity index (χ3v) is 1.93. The predicted octanol–water partition coefficient (Wildman–Crippen LogP) is 0.521. The molecule has 4 N–H and O–H groups in total. The van der Waals surface area contributed by atoms with Gasteiger partial charge in [0.2, 0.25) is 0 Å². The molecule has 1 aliphatic rings. The molecule has 0 saturated heterocycles. The largest absolute Gasteiger partial charge is 0.457 e. The van der Waals surface area contributed by atoms with Gasteiger partial charge < -0.3 is 16.2 Å². The molecule has 0 fully saturated rings. The van der Waals surface area contributed by atoms with Crippen LogP contribution in [0.15, 0.2) is 12.1 Å². The highest BCUT2D eigenvalue weighted by molar-refractivity contribution is 6.01. The molecule has 0 amide bonds. The number of benzene rings is 1. The maximum atomic E-state index is 11.1. The molecular formula is C8H8N2O2. The lowest BCUT2D eigenvalue weighted by Gasteiger charge is -2.02. The molecule has 12 heavy (non-hydrogen) atoms. The number of hydrogen-bond donors (Lipinski definition) is 2. The molecule has 1 heterocycles. The van der Waals surface area contributed by atoms with Gasteiger partial charge in [0.05, 0.1) is 16.9 Å².